The fourth-order valence-electron chi connectivity index (χ4n) is 2.34. The zero-order chi connectivity index (χ0) is 16.9. The van der Waals surface area contributed by atoms with Gasteiger partial charge in [-0.15, -0.1) is 11.3 Å². The Morgan fingerprint density at radius 1 is 1.46 bits per heavy atom. The van der Waals surface area contributed by atoms with Gasteiger partial charge < -0.3 is 15.4 Å². The van der Waals surface area contributed by atoms with Crippen molar-refractivity contribution in [2.75, 3.05) is 42.4 Å². The third-order valence-corrected chi connectivity index (χ3v) is 4.21. The quantitative estimate of drug-likeness (QED) is 0.481. The Morgan fingerprint density at radius 2 is 2.25 bits per heavy atom. The van der Waals surface area contributed by atoms with Crippen LogP contribution in [0, 0.1) is 10.1 Å². The van der Waals surface area contributed by atoms with E-state index in [1.54, 1.807) is 17.5 Å². The summed E-state index contributed by atoms with van der Waals surface area (Å²) in [6, 6.07) is 5.04. The lowest BCUT2D eigenvalue weighted by Gasteiger charge is -2.28. The number of ether oxygens (including phenoxy) is 1. The summed E-state index contributed by atoms with van der Waals surface area (Å²) in [6.45, 7) is 2.42. The standard InChI is InChI=1S/C14H16N6O3S/c15-13-9-24-14(17-13)18-16-8-10-1-2-11(12(7-10)20(21)22)19-3-5-23-6-4-19/h1-2,7-9H,3-6,15H2,(H,17,18). The van der Waals surface area contributed by atoms with Crippen molar-refractivity contribution < 1.29 is 9.66 Å². The van der Waals surface area contributed by atoms with Crippen molar-refractivity contribution in [2.45, 2.75) is 0 Å². The number of benzene rings is 1. The molecule has 1 saturated heterocycles. The number of anilines is 3. The molecule has 24 heavy (non-hydrogen) atoms. The predicted molar refractivity (Wildman–Crippen MR) is 93.9 cm³/mol. The Labute approximate surface area is 141 Å². The molecule has 0 radical (unpaired) electrons. The van der Waals surface area contributed by atoms with Crippen LogP contribution in [0.2, 0.25) is 0 Å². The van der Waals surface area contributed by atoms with Crippen molar-refractivity contribution in [3.8, 4) is 0 Å². The number of morpholine rings is 1. The van der Waals surface area contributed by atoms with E-state index in [1.165, 1.54) is 23.6 Å². The van der Waals surface area contributed by atoms with Crippen molar-refractivity contribution in [3.63, 3.8) is 0 Å². The van der Waals surface area contributed by atoms with Crippen molar-refractivity contribution in [3.05, 3.63) is 39.3 Å². The number of nitrogens with two attached hydrogens (primary N) is 1. The maximum Gasteiger partial charge on any atom is 0.293 e. The second kappa shape index (κ2) is 7.23. The van der Waals surface area contributed by atoms with E-state index in [1.807, 2.05) is 4.90 Å². The Bertz CT molecular complexity index is 757. The van der Waals surface area contributed by atoms with Crippen molar-refractivity contribution in [2.24, 2.45) is 5.10 Å². The number of aromatic nitrogens is 1. The molecule has 0 amide bonds. The van der Waals surface area contributed by atoms with E-state index in [0.717, 1.165) is 0 Å². The van der Waals surface area contributed by atoms with Crippen LogP contribution >= 0.6 is 11.3 Å². The third-order valence-electron chi connectivity index (χ3n) is 3.44. The van der Waals surface area contributed by atoms with Gasteiger partial charge in [-0.3, -0.25) is 15.5 Å². The van der Waals surface area contributed by atoms with Crippen LogP contribution in [0.1, 0.15) is 5.56 Å². The first-order valence-electron chi connectivity index (χ1n) is 7.25. The minimum absolute atomic E-state index is 0.0549. The van der Waals surface area contributed by atoms with E-state index in [9.17, 15) is 10.1 Å². The van der Waals surface area contributed by atoms with Crippen LogP contribution in [0.15, 0.2) is 28.7 Å². The average molecular weight is 348 g/mol. The topological polar surface area (TPSA) is 119 Å². The van der Waals surface area contributed by atoms with E-state index in [0.29, 0.717) is 48.5 Å². The molecule has 9 nitrogen and oxygen atoms in total. The smallest absolute Gasteiger partial charge is 0.293 e. The Balaban J connectivity index is 1.76. The first kappa shape index (κ1) is 16.1. The van der Waals surface area contributed by atoms with Crippen LogP contribution in [0.5, 0.6) is 0 Å². The van der Waals surface area contributed by atoms with E-state index in [4.69, 9.17) is 10.5 Å². The Kier molecular flexibility index (Phi) is 4.87. The zero-order valence-corrected chi connectivity index (χ0v) is 13.5. The minimum atomic E-state index is -0.378. The summed E-state index contributed by atoms with van der Waals surface area (Å²) < 4.78 is 5.29. The molecule has 0 bridgehead atoms. The summed E-state index contributed by atoms with van der Waals surface area (Å²) in [5, 5.41) is 17.7. The molecule has 0 unspecified atom stereocenters. The molecule has 0 atom stereocenters. The molecule has 3 N–H and O–H groups in total. The lowest BCUT2D eigenvalue weighted by atomic mass is 10.1. The van der Waals surface area contributed by atoms with E-state index in [-0.39, 0.29) is 10.6 Å². The van der Waals surface area contributed by atoms with Crippen molar-refractivity contribution in [1.29, 1.82) is 0 Å². The number of thiazole rings is 1. The summed E-state index contributed by atoms with van der Waals surface area (Å²) >= 11 is 1.33. The number of nitrogens with zero attached hydrogens (tertiary/aromatic N) is 4. The lowest BCUT2D eigenvalue weighted by Crippen LogP contribution is -2.36. The second-order valence-electron chi connectivity index (χ2n) is 5.05. The summed E-state index contributed by atoms with van der Waals surface area (Å²) in [5.41, 5.74) is 9.54. The number of nitro benzene ring substituents is 1. The maximum atomic E-state index is 11.4. The van der Waals surface area contributed by atoms with Crippen LogP contribution in [0.25, 0.3) is 0 Å². The molecule has 2 aromatic rings. The number of hydrogen-bond donors (Lipinski definition) is 2. The molecular weight excluding hydrogens is 332 g/mol. The maximum absolute atomic E-state index is 11.4. The molecule has 2 heterocycles. The number of hydrazone groups is 1. The monoisotopic (exact) mass is 348 g/mol. The Morgan fingerprint density at radius 3 is 2.92 bits per heavy atom. The van der Waals surface area contributed by atoms with Crippen LogP contribution in [-0.4, -0.2) is 42.4 Å². The normalized spacial score (nSPS) is 14.9. The number of hydrogen-bond acceptors (Lipinski definition) is 9. The predicted octanol–water partition coefficient (Wildman–Crippen LogP) is 1.92. The number of nitro groups is 1. The second-order valence-corrected chi connectivity index (χ2v) is 5.91. The van der Waals surface area contributed by atoms with Gasteiger partial charge in [0.15, 0.2) is 0 Å². The molecule has 126 valence electrons. The fourth-order valence-corrected chi connectivity index (χ4v) is 2.89. The highest BCUT2D eigenvalue weighted by Crippen LogP contribution is 2.29. The molecule has 10 heteroatoms. The molecule has 0 spiro atoms. The molecule has 1 aromatic heterocycles. The van der Waals surface area contributed by atoms with Gasteiger partial charge in [-0.1, -0.05) is 6.07 Å². The average Bonchev–Trinajstić information content (AvgIpc) is 3.01. The molecule has 0 saturated carbocycles. The molecular formula is C14H16N6O3S. The van der Waals surface area contributed by atoms with Crippen molar-refractivity contribution >= 4 is 39.9 Å². The molecule has 1 aliphatic rings. The molecule has 1 aliphatic heterocycles. The van der Waals surface area contributed by atoms with E-state index >= 15 is 0 Å². The lowest BCUT2D eigenvalue weighted by molar-refractivity contribution is -0.384. The van der Waals surface area contributed by atoms with Crippen LogP contribution in [-0.2, 0) is 4.74 Å². The van der Waals surface area contributed by atoms with E-state index in [2.05, 4.69) is 15.5 Å². The van der Waals surface area contributed by atoms with Gasteiger partial charge in [-0.25, -0.2) is 4.98 Å². The zero-order valence-electron chi connectivity index (χ0n) is 12.7. The van der Waals surface area contributed by atoms with Crippen LogP contribution < -0.4 is 16.1 Å². The van der Waals surface area contributed by atoms with Crippen LogP contribution in [0.4, 0.5) is 22.3 Å². The third kappa shape index (κ3) is 3.78. The van der Waals surface area contributed by atoms with E-state index < -0.39 is 0 Å². The largest absolute Gasteiger partial charge is 0.383 e. The highest BCUT2D eigenvalue weighted by molar-refractivity contribution is 7.14. The Hall–Kier alpha value is -2.72. The highest BCUT2D eigenvalue weighted by atomic mass is 32.1. The minimum Gasteiger partial charge on any atom is -0.383 e. The van der Waals surface area contributed by atoms with Gasteiger partial charge in [0.1, 0.15) is 11.5 Å². The van der Waals surface area contributed by atoms with Crippen LogP contribution in [0.3, 0.4) is 0 Å². The van der Waals surface area contributed by atoms with Gasteiger partial charge in [0, 0.05) is 30.1 Å². The summed E-state index contributed by atoms with van der Waals surface area (Å²) in [5.74, 6) is 0.420. The van der Waals surface area contributed by atoms with Gasteiger partial charge in [0.05, 0.1) is 24.4 Å². The fraction of sp³-hybridized carbons (Fsp3) is 0.286. The number of nitrogens with one attached hydrogen (secondary N) is 1. The first-order chi connectivity index (χ1) is 11.6. The first-order valence-corrected chi connectivity index (χ1v) is 8.12. The van der Waals surface area contributed by atoms with Gasteiger partial charge in [-0.05, 0) is 6.07 Å². The molecule has 3 rings (SSSR count). The number of rotatable bonds is 5. The molecule has 1 fully saturated rings. The van der Waals surface area contributed by atoms with Gasteiger partial charge in [-0.2, -0.15) is 5.10 Å². The highest BCUT2D eigenvalue weighted by Gasteiger charge is 2.21. The van der Waals surface area contributed by atoms with Gasteiger partial charge in [0.2, 0.25) is 5.13 Å². The summed E-state index contributed by atoms with van der Waals surface area (Å²) in [7, 11) is 0. The SMILES string of the molecule is Nc1csc(NN=Cc2ccc(N3CCOCC3)c([N+](=O)[O-])c2)n1. The van der Waals surface area contributed by atoms with Crippen molar-refractivity contribution in [1.82, 2.24) is 4.98 Å². The molecule has 0 aliphatic carbocycles. The number of nitrogen functional groups attached to an aromatic ring is 1. The molecule has 1 aromatic carbocycles. The van der Waals surface area contributed by atoms with Gasteiger partial charge in [0.25, 0.3) is 5.69 Å². The summed E-state index contributed by atoms with van der Waals surface area (Å²) in [4.78, 5) is 17.0. The summed E-state index contributed by atoms with van der Waals surface area (Å²) in [6.07, 6.45) is 1.51. The van der Waals surface area contributed by atoms with Gasteiger partial charge >= 0.3 is 0 Å².